The van der Waals surface area contributed by atoms with E-state index in [2.05, 4.69) is 53.8 Å². The van der Waals surface area contributed by atoms with Gasteiger partial charge in [0.1, 0.15) is 0 Å². The number of para-hydroxylation sites is 1. The lowest BCUT2D eigenvalue weighted by atomic mass is 9.59. The minimum atomic E-state index is -0.179. The lowest BCUT2D eigenvalue weighted by Gasteiger charge is -2.45. The fourth-order valence-electron chi connectivity index (χ4n) is 5.88. The van der Waals surface area contributed by atoms with Crippen LogP contribution in [0.5, 0.6) is 0 Å². The Hall–Kier alpha value is -3.66. The Kier molecular flexibility index (Phi) is 4.29. The number of nitrogens with one attached hydrogen (secondary N) is 1. The molecule has 0 saturated heterocycles. The largest absolute Gasteiger partial charge is 0.352 e. The van der Waals surface area contributed by atoms with Crippen LogP contribution in [0.25, 0.3) is 10.9 Å². The van der Waals surface area contributed by atoms with Crippen LogP contribution in [-0.2, 0) is 7.05 Å². The number of hydrogen-bond acceptors (Lipinski definition) is 2. The lowest BCUT2D eigenvalue weighted by Crippen LogP contribution is -2.39. The van der Waals surface area contributed by atoms with Crippen LogP contribution in [0, 0.1) is 5.92 Å². The molecular weight excluding hydrogens is 396 g/mol. The number of pyridine rings is 1. The number of carbonyl (C=O) groups is 1. The standard InChI is InChI=1S/C28H24N2O2/c1-30-25-13-7-6-10-20(25)24(15-26(30)31)28(32)29-16-17-14-23-18-8-2-4-11-21(18)27(17)22-12-5-3-9-19(22)23/h2-13,15,17,23,27H,14,16H2,1H3,(H,29,32). The maximum absolute atomic E-state index is 13.2. The molecule has 4 aromatic rings. The van der Waals surface area contributed by atoms with E-state index >= 15 is 0 Å². The fraction of sp³-hybridized carbons (Fsp3) is 0.214. The van der Waals surface area contributed by atoms with Crippen molar-refractivity contribution in [2.24, 2.45) is 13.0 Å². The minimum absolute atomic E-state index is 0.173. The number of aryl methyl sites for hydroxylation is 1. The van der Waals surface area contributed by atoms with Crippen molar-refractivity contribution in [3.63, 3.8) is 0 Å². The second-order valence-electron chi connectivity index (χ2n) is 8.97. The van der Waals surface area contributed by atoms with Crippen molar-refractivity contribution in [3.05, 3.63) is 117 Å². The van der Waals surface area contributed by atoms with E-state index in [-0.39, 0.29) is 17.4 Å². The number of fused-ring (bicyclic) bond motifs is 2. The van der Waals surface area contributed by atoms with Crippen LogP contribution in [0.4, 0.5) is 0 Å². The molecule has 3 aliphatic carbocycles. The highest BCUT2D eigenvalue weighted by atomic mass is 16.2. The second-order valence-corrected chi connectivity index (χ2v) is 8.97. The zero-order valence-corrected chi connectivity index (χ0v) is 17.9. The van der Waals surface area contributed by atoms with E-state index in [0.29, 0.717) is 23.9 Å². The molecule has 1 heterocycles. The van der Waals surface area contributed by atoms with Gasteiger partial charge in [0.2, 0.25) is 0 Å². The molecule has 158 valence electrons. The van der Waals surface area contributed by atoms with E-state index in [1.54, 1.807) is 11.6 Å². The topological polar surface area (TPSA) is 51.1 Å². The quantitative estimate of drug-likeness (QED) is 0.528. The van der Waals surface area contributed by atoms with Crippen LogP contribution in [0.1, 0.15) is 50.9 Å². The summed E-state index contributed by atoms with van der Waals surface area (Å²) in [5, 5.41) is 3.97. The monoisotopic (exact) mass is 420 g/mol. The van der Waals surface area contributed by atoms with Crippen molar-refractivity contribution >= 4 is 16.8 Å². The highest BCUT2D eigenvalue weighted by Crippen LogP contribution is 2.55. The summed E-state index contributed by atoms with van der Waals surface area (Å²) in [4.78, 5) is 25.6. The van der Waals surface area contributed by atoms with E-state index in [1.807, 2.05) is 24.3 Å². The van der Waals surface area contributed by atoms with Crippen molar-refractivity contribution in [1.82, 2.24) is 9.88 Å². The highest BCUT2D eigenvalue weighted by molar-refractivity contribution is 6.06. The Balaban J connectivity index is 1.32. The molecule has 1 atom stereocenters. The average Bonchev–Trinajstić information content (AvgIpc) is 2.85. The Morgan fingerprint density at radius 1 is 0.906 bits per heavy atom. The first-order chi connectivity index (χ1) is 15.6. The van der Waals surface area contributed by atoms with E-state index in [9.17, 15) is 9.59 Å². The Bertz CT molecular complexity index is 1390. The third-order valence-electron chi connectivity index (χ3n) is 7.35. The minimum Gasteiger partial charge on any atom is -0.352 e. The number of nitrogens with zero attached hydrogens (tertiary/aromatic N) is 1. The predicted octanol–water partition coefficient (Wildman–Crippen LogP) is 4.57. The molecular formula is C28H24N2O2. The number of aromatic nitrogens is 1. The number of amides is 1. The Morgan fingerprint density at radius 3 is 2.19 bits per heavy atom. The van der Waals surface area contributed by atoms with Gasteiger partial charge in [-0.3, -0.25) is 9.59 Å². The maximum Gasteiger partial charge on any atom is 0.252 e. The van der Waals surface area contributed by atoms with Crippen LogP contribution in [0.15, 0.2) is 83.7 Å². The molecule has 0 radical (unpaired) electrons. The van der Waals surface area contributed by atoms with Gasteiger partial charge in [0.25, 0.3) is 11.5 Å². The van der Waals surface area contributed by atoms with Crippen molar-refractivity contribution in [2.75, 3.05) is 6.54 Å². The Morgan fingerprint density at radius 2 is 1.50 bits per heavy atom. The molecule has 3 aromatic carbocycles. The van der Waals surface area contributed by atoms with Gasteiger partial charge in [-0.05, 0) is 40.7 Å². The van der Waals surface area contributed by atoms with Crippen molar-refractivity contribution < 1.29 is 4.79 Å². The first-order valence-corrected chi connectivity index (χ1v) is 11.2. The molecule has 0 spiro atoms. The van der Waals surface area contributed by atoms with Gasteiger partial charge in [-0.2, -0.15) is 0 Å². The zero-order chi connectivity index (χ0) is 21.8. The van der Waals surface area contributed by atoms with E-state index in [1.165, 1.54) is 28.3 Å². The fourth-order valence-corrected chi connectivity index (χ4v) is 5.88. The molecule has 4 heteroatoms. The number of carbonyl (C=O) groups excluding carboxylic acids is 1. The zero-order valence-electron chi connectivity index (χ0n) is 17.9. The third kappa shape index (κ3) is 2.76. The van der Waals surface area contributed by atoms with Crippen molar-refractivity contribution in [2.45, 2.75) is 18.3 Å². The lowest BCUT2D eigenvalue weighted by molar-refractivity contribution is 0.0944. The van der Waals surface area contributed by atoms with E-state index < -0.39 is 0 Å². The maximum atomic E-state index is 13.2. The van der Waals surface area contributed by atoms with Crippen LogP contribution in [0.3, 0.4) is 0 Å². The van der Waals surface area contributed by atoms with Crippen LogP contribution in [-0.4, -0.2) is 17.0 Å². The molecule has 2 bridgehead atoms. The van der Waals surface area contributed by atoms with Gasteiger partial charge in [0.15, 0.2) is 0 Å². The van der Waals surface area contributed by atoms with Gasteiger partial charge in [-0.1, -0.05) is 66.7 Å². The van der Waals surface area contributed by atoms with Gasteiger partial charge < -0.3 is 9.88 Å². The summed E-state index contributed by atoms with van der Waals surface area (Å²) in [6.45, 7) is 0.589. The third-order valence-corrected chi connectivity index (χ3v) is 7.35. The SMILES string of the molecule is Cn1c(=O)cc(C(=O)NCC2CC3c4ccccc4C2c2ccccc23)c2ccccc21. The molecule has 3 aliphatic rings. The summed E-state index contributed by atoms with van der Waals surface area (Å²) in [7, 11) is 1.74. The van der Waals surface area contributed by atoms with Crippen LogP contribution < -0.4 is 10.9 Å². The number of hydrogen-bond donors (Lipinski definition) is 1. The average molecular weight is 421 g/mol. The molecule has 0 fully saturated rings. The normalized spacial score (nSPS) is 20.6. The molecule has 1 aromatic heterocycles. The molecule has 4 nitrogen and oxygen atoms in total. The molecule has 1 amide bonds. The predicted molar refractivity (Wildman–Crippen MR) is 126 cm³/mol. The van der Waals surface area contributed by atoms with Crippen LogP contribution in [0.2, 0.25) is 0 Å². The summed E-state index contributed by atoms with van der Waals surface area (Å²) in [5.41, 5.74) is 6.68. The summed E-state index contributed by atoms with van der Waals surface area (Å²) in [6.07, 6.45) is 1.02. The van der Waals surface area contributed by atoms with Gasteiger partial charge >= 0.3 is 0 Å². The summed E-state index contributed by atoms with van der Waals surface area (Å²) in [5.74, 6) is 0.806. The van der Waals surface area contributed by atoms with Gasteiger partial charge in [0, 0.05) is 36.9 Å². The molecule has 1 unspecified atom stereocenters. The van der Waals surface area contributed by atoms with Gasteiger partial charge in [-0.25, -0.2) is 0 Å². The smallest absolute Gasteiger partial charge is 0.252 e. The highest BCUT2D eigenvalue weighted by Gasteiger charge is 2.42. The molecule has 0 aliphatic heterocycles. The van der Waals surface area contributed by atoms with E-state index in [4.69, 9.17) is 0 Å². The van der Waals surface area contributed by atoms with Gasteiger partial charge in [-0.15, -0.1) is 0 Å². The number of benzene rings is 3. The van der Waals surface area contributed by atoms with Crippen LogP contribution >= 0.6 is 0 Å². The molecule has 32 heavy (non-hydrogen) atoms. The van der Waals surface area contributed by atoms with Gasteiger partial charge in [0.05, 0.1) is 11.1 Å². The molecule has 0 saturated carbocycles. The second kappa shape index (κ2) is 7.20. The van der Waals surface area contributed by atoms with E-state index in [0.717, 1.165) is 17.3 Å². The van der Waals surface area contributed by atoms with Crippen molar-refractivity contribution in [3.8, 4) is 0 Å². The molecule has 7 rings (SSSR count). The number of rotatable bonds is 3. The summed E-state index contributed by atoms with van der Waals surface area (Å²) < 4.78 is 1.58. The molecule has 1 N–H and O–H groups in total. The first-order valence-electron chi connectivity index (χ1n) is 11.2. The summed E-state index contributed by atoms with van der Waals surface area (Å²) in [6, 6.07) is 26.5. The summed E-state index contributed by atoms with van der Waals surface area (Å²) >= 11 is 0. The first kappa shape index (κ1) is 19.1. The Labute approximate surface area is 186 Å². The van der Waals surface area contributed by atoms with Crippen molar-refractivity contribution in [1.29, 1.82) is 0 Å².